The van der Waals surface area contributed by atoms with Crippen molar-refractivity contribution in [3.05, 3.63) is 47.8 Å². The quantitative estimate of drug-likeness (QED) is 0.306. The van der Waals surface area contributed by atoms with Gasteiger partial charge in [-0.25, -0.2) is 4.99 Å². The topological polar surface area (TPSA) is 166 Å². The van der Waals surface area contributed by atoms with E-state index in [4.69, 9.17) is 23.7 Å². The molecule has 0 saturated carbocycles. The third kappa shape index (κ3) is 10.6. The van der Waals surface area contributed by atoms with E-state index in [1.54, 1.807) is 33.2 Å². The van der Waals surface area contributed by atoms with E-state index in [-0.39, 0.29) is 38.2 Å². The molecule has 0 aromatic carbocycles. The second-order valence-corrected chi connectivity index (χ2v) is 16.4. The van der Waals surface area contributed by atoms with Crippen LogP contribution in [0.1, 0.15) is 87.1 Å². The van der Waals surface area contributed by atoms with Gasteiger partial charge in [-0.1, -0.05) is 52.0 Å². The van der Waals surface area contributed by atoms with Crippen LogP contribution < -0.4 is 0 Å². The highest BCUT2D eigenvalue weighted by molar-refractivity contribution is 6.00. The number of hydrogen-bond acceptors (Lipinski definition) is 12. The molecule has 4 heterocycles. The van der Waals surface area contributed by atoms with Crippen LogP contribution in [0.3, 0.4) is 0 Å². The Balaban J connectivity index is 1.97. The number of esters is 1. The molecule has 3 aliphatic rings. The number of aliphatic hydroxyl groups excluding tert-OH is 1. The Labute approximate surface area is 326 Å². The standard InChI is InChI=1S/C42H63N3O10/c1-12-33-42(9,50)38-26(4)34(44-29(7)46)24(2)20-41(8,52-23-31(22-51-38)16-13-15-30-17-14-18-43-21-30)37(27(5)35(47)28(6)39(49)54-33)55-40-36(48)32(45(10)11)19-25(3)53-40/h13-18,21,24-28,32-33,36-38,40,48,50H,12,19-20,22-23H2,1-11H3/b15-13+,31-16+,44-34?/t24-,25-,26+,27+,28-,32+,33-,36-,37-,38?,40+,41-,42-/m1/s1. The van der Waals surface area contributed by atoms with E-state index in [1.807, 2.05) is 77.1 Å². The number of likely N-dealkylation sites (N-methyl/N-ethyl adjacent to an activating group) is 1. The first-order valence-electron chi connectivity index (χ1n) is 19.5. The highest BCUT2D eigenvalue weighted by atomic mass is 16.7. The minimum absolute atomic E-state index is 0.00633. The average molecular weight is 770 g/mol. The summed E-state index contributed by atoms with van der Waals surface area (Å²) < 4.78 is 32.6. The molecule has 2 bridgehead atoms. The summed E-state index contributed by atoms with van der Waals surface area (Å²) in [6.07, 6.45) is 4.38. The highest BCUT2D eigenvalue weighted by Crippen LogP contribution is 2.40. The number of hydrogen-bond donors (Lipinski definition) is 2. The highest BCUT2D eigenvalue weighted by Gasteiger charge is 2.53. The molecule has 1 unspecified atom stereocenters. The van der Waals surface area contributed by atoms with Crippen LogP contribution in [0.25, 0.3) is 6.08 Å². The first-order chi connectivity index (χ1) is 25.8. The number of aromatic nitrogens is 1. The number of fused-ring (bicyclic) bond motifs is 5. The maximum Gasteiger partial charge on any atom is 0.316 e. The summed E-state index contributed by atoms with van der Waals surface area (Å²) in [5.74, 6) is -5.03. The van der Waals surface area contributed by atoms with Gasteiger partial charge in [-0.2, -0.15) is 0 Å². The minimum atomic E-state index is -1.78. The van der Waals surface area contributed by atoms with Gasteiger partial charge >= 0.3 is 5.97 Å². The Morgan fingerprint density at radius 2 is 1.84 bits per heavy atom. The van der Waals surface area contributed by atoms with Crippen molar-refractivity contribution in [2.45, 2.75) is 136 Å². The lowest BCUT2D eigenvalue weighted by Gasteiger charge is -2.47. The van der Waals surface area contributed by atoms with E-state index in [1.165, 1.54) is 13.8 Å². The molecule has 0 radical (unpaired) electrons. The summed E-state index contributed by atoms with van der Waals surface area (Å²) in [4.78, 5) is 51.7. The Morgan fingerprint density at radius 1 is 1.13 bits per heavy atom. The Bertz CT molecular complexity index is 1580. The first kappa shape index (κ1) is 44.5. The van der Waals surface area contributed by atoms with Crippen molar-refractivity contribution < 1.29 is 48.3 Å². The minimum Gasteiger partial charge on any atom is -0.459 e. The predicted octanol–water partition coefficient (Wildman–Crippen LogP) is 4.58. The number of amides is 1. The molecule has 13 nitrogen and oxygen atoms in total. The summed E-state index contributed by atoms with van der Waals surface area (Å²) >= 11 is 0. The van der Waals surface area contributed by atoms with Crippen LogP contribution in [-0.2, 0) is 38.1 Å². The molecule has 0 spiro atoms. The maximum absolute atomic E-state index is 14.4. The van der Waals surface area contributed by atoms with Crippen LogP contribution in [0.15, 0.2) is 47.2 Å². The van der Waals surface area contributed by atoms with Gasteiger partial charge in [0.2, 0.25) is 5.91 Å². The average Bonchev–Trinajstić information content (AvgIpc) is 3.14. The number of rotatable bonds is 6. The molecule has 306 valence electrons. The molecular weight excluding hydrogens is 706 g/mol. The van der Waals surface area contributed by atoms with Crippen LogP contribution >= 0.6 is 0 Å². The molecule has 3 fully saturated rings. The zero-order valence-electron chi connectivity index (χ0n) is 34.4. The molecule has 1 aromatic rings. The van der Waals surface area contributed by atoms with E-state index in [0.717, 1.165) is 5.56 Å². The number of aliphatic hydroxyl groups is 2. The fourth-order valence-electron chi connectivity index (χ4n) is 8.44. The van der Waals surface area contributed by atoms with Crippen LogP contribution in [0.2, 0.25) is 0 Å². The summed E-state index contributed by atoms with van der Waals surface area (Å²) in [5.41, 5.74) is -1.06. The Hall–Kier alpha value is -3.17. The van der Waals surface area contributed by atoms with E-state index < -0.39 is 83.2 Å². The fourth-order valence-corrected chi connectivity index (χ4v) is 8.44. The van der Waals surface area contributed by atoms with Gasteiger partial charge in [0.1, 0.15) is 23.7 Å². The molecule has 55 heavy (non-hydrogen) atoms. The Morgan fingerprint density at radius 3 is 2.45 bits per heavy atom. The van der Waals surface area contributed by atoms with Crippen LogP contribution in [0, 0.1) is 23.7 Å². The van der Waals surface area contributed by atoms with E-state index in [2.05, 4.69) is 9.98 Å². The molecule has 13 heteroatoms. The van der Waals surface area contributed by atoms with Crippen LogP contribution in [-0.4, -0.2) is 125 Å². The van der Waals surface area contributed by atoms with E-state index in [9.17, 15) is 24.6 Å². The van der Waals surface area contributed by atoms with Gasteiger partial charge in [0.05, 0.1) is 37.1 Å². The Kier molecular flexibility index (Phi) is 15.3. The third-order valence-corrected chi connectivity index (χ3v) is 11.5. The van der Waals surface area contributed by atoms with Gasteiger partial charge in [-0.05, 0) is 84.2 Å². The molecule has 1 aromatic heterocycles. The monoisotopic (exact) mass is 769 g/mol. The fraction of sp³-hybridized carbons (Fsp3) is 0.690. The molecule has 0 aliphatic carbocycles. The lowest BCUT2D eigenvalue weighted by molar-refractivity contribution is -0.296. The van der Waals surface area contributed by atoms with Crippen molar-refractivity contribution in [3.63, 3.8) is 0 Å². The number of cyclic esters (lactones) is 1. The lowest BCUT2D eigenvalue weighted by Crippen LogP contribution is -2.60. The molecule has 3 saturated heterocycles. The van der Waals surface area contributed by atoms with Gasteiger partial charge in [0, 0.05) is 42.9 Å². The van der Waals surface area contributed by atoms with Gasteiger partial charge in [-0.3, -0.25) is 19.4 Å². The van der Waals surface area contributed by atoms with Crippen molar-refractivity contribution >= 4 is 29.4 Å². The van der Waals surface area contributed by atoms with Gasteiger partial charge in [-0.15, -0.1) is 0 Å². The number of carbonyl (C=O) groups excluding carboxylic acids is 3. The van der Waals surface area contributed by atoms with Crippen molar-refractivity contribution in [1.29, 1.82) is 0 Å². The second kappa shape index (κ2) is 18.8. The number of Topliss-reactive ketones (excluding diaryl/α,β-unsaturated/α-hetero) is 1. The molecule has 4 rings (SSSR count). The number of ether oxygens (including phenoxy) is 5. The molecule has 13 atom stereocenters. The van der Waals surface area contributed by atoms with Crippen LogP contribution in [0.5, 0.6) is 0 Å². The van der Waals surface area contributed by atoms with Crippen molar-refractivity contribution in [2.24, 2.45) is 28.7 Å². The van der Waals surface area contributed by atoms with Gasteiger partial charge in [0.25, 0.3) is 0 Å². The summed E-state index contributed by atoms with van der Waals surface area (Å²) in [6.45, 7) is 15.4. The zero-order chi connectivity index (χ0) is 40.8. The number of allylic oxidation sites excluding steroid dienone is 2. The molecule has 2 N–H and O–H groups in total. The zero-order valence-corrected chi connectivity index (χ0v) is 34.4. The molecule has 3 aliphatic heterocycles. The van der Waals surface area contributed by atoms with Crippen molar-refractivity contribution in [1.82, 2.24) is 9.88 Å². The molecular formula is C42H63N3O10. The second-order valence-electron chi connectivity index (χ2n) is 16.4. The van der Waals surface area contributed by atoms with Gasteiger partial charge in [0.15, 0.2) is 12.1 Å². The summed E-state index contributed by atoms with van der Waals surface area (Å²) in [6, 6.07) is 3.47. The summed E-state index contributed by atoms with van der Waals surface area (Å²) in [5, 5.41) is 24.0. The number of carbonyl (C=O) groups is 3. The SMILES string of the molecule is CC[C@H]1OC(=O)[C@H](C)C(=O)[C@H](C)[C@@H](O[C@@H]2O[C@H](C)C[C@H](N(C)C)[C@H]2O)[C@@]2(C)C[C@@H](C)C(=NC(C)=O)[C@H](C)C(OC/C(=C\C=C\c3cccnc3)CO2)[C@]1(C)O. The van der Waals surface area contributed by atoms with E-state index in [0.29, 0.717) is 17.7 Å². The van der Waals surface area contributed by atoms with Gasteiger partial charge < -0.3 is 38.8 Å². The maximum atomic E-state index is 14.4. The largest absolute Gasteiger partial charge is 0.459 e. The number of nitrogens with zero attached hydrogens (tertiary/aromatic N) is 3. The number of ketones is 1. The van der Waals surface area contributed by atoms with Crippen molar-refractivity contribution in [3.8, 4) is 0 Å². The van der Waals surface area contributed by atoms with E-state index >= 15 is 0 Å². The number of aliphatic imine (C=N–C) groups is 1. The third-order valence-electron chi connectivity index (χ3n) is 11.5. The smallest absolute Gasteiger partial charge is 0.316 e. The predicted molar refractivity (Wildman–Crippen MR) is 208 cm³/mol. The first-order valence-corrected chi connectivity index (χ1v) is 19.5. The molecule has 1 amide bonds. The van der Waals surface area contributed by atoms with Crippen molar-refractivity contribution in [2.75, 3.05) is 27.3 Å². The van der Waals surface area contributed by atoms with Crippen LogP contribution in [0.4, 0.5) is 0 Å². The summed E-state index contributed by atoms with van der Waals surface area (Å²) in [7, 11) is 3.76. The lowest BCUT2D eigenvalue weighted by atomic mass is 9.73. The normalized spacial score (nSPS) is 40.1. The number of pyridine rings is 1.